The Hall–Kier alpha value is -0.730. The molecular formula is C11H11BrClN. The Morgan fingerprint density at radius 1 is 1.00 bits per heavy atom. The molecule has 0 heterocycles. The summed E-state index contributed by atoms with van der Waals surface area (Å²) in [5.74, 6) is 0. The summed E-state index contributed by atoms with van der Waals surface area (Å²) in [7, 11) is 1.94. The Labute approximate surface area is 98.0 Å². The van der Waals surface area contributed by atoms with Gasteiger partial charge in [0, 0.05) is 22.6 Å². The number of nitrogens with one attached hydrogen (secondary N) is 1. The zero-order chi connectivity index (χ0) is 9.26. The molecule has 14 heavy (non-hydrogen) atoms. The van der Waals surface area contributed by atoms with Gasteiger partial charge in [-0.1, -0.05) is 40.2 Å². The molecule has 2 aromatic rings. The van der Waals surface area contributed by atoms with Gasteiger partial charge in [0.05, 0.1) is 0 Å². The maximum absolute atomic E-state index is 3.53. The predicted molar refractivity (Wildman–Crippen MR) is 68.4 cm³/mol. The largest absolute Gasteiger partial charge is 0.388 e. The number of hydrogen-bond acceptors (Lipinski definition) is 1. The van der Waals surface area contributed by atoms with Gasteiger partial charge in [-0.3, -0.25) is 0 Å². The summed E-state index contributed by atoms with van der Waals surface area (Å²) in [5.41, 5.74) is 1.17. The van der Waals surface area contributed by atoms with Crippen LogP contribution in [-0.2, 0) is 0 Å². The van der Waals surface area contributed by atoms with E-state index in [4.69, 9.17) is 0 Å². The first kappa shape index (κ1) is 11.3. The van der Waals surface area contributed by atoms with Crippen LogP contribution in [0.4, 0.5) is 5.69 Å². The molecule has 0 unspecified atom stereocenters. The van der Waals surface area contributed by atoms with Crippen LogP contribution in [0.25, 0.3) is 10.8 Å². The average Bonchev–Trinajstić information content (AvgIpc) is 2.19. The Morgan fingerprint density at radius 3 is 2.29 bits per heavy atom. The summed E-state index contributed by atoms with van der Waals surface area (Å²) in [5, 5.41) is 5.67. The van der Waals surface area contributed by atoms with Crippen molar-refractivity contribution in [3.8, 4) is 0 Å². The molecule has 0 amide bonds. The van der Waals surface area contributed by atoms with Crippen LogP contribution in [0.5, 0.6) is 0 Å². The van der Waals surface area contributed by atoms with E-state index in [1.54, 1.807) is 0 Å². The second kappa shape index (κ2) is 4.67. The maximum atomic E-state index is 3.53. The SMILES string of the molecule is CNc1ccc(Br)c2ccccc12.Cl. The normalized spacial score (nSPS) is 9.57. The van der Waals surface area contributed by atoms with Crippen molar-refractivity contribution >= 4 is 44.8 Å². The van der Waals surface area contributed by atoms with Gasteiger partial charge < -0.3 is 5.32 Å². The van der Waals surface area contributed by atoms with Crippen molar-refractivity contribution in [2.45, 2.75) is 0 Å². The highest BCUT2D eigenvalue weighted by Gasteiger charge is 2.00. The lowest BCUT2D eigenvalue weighted by molar-refractivity contribution is 1.54. The lowest BCUT2D eigenvalue weighted by atomic mass is 10.1. The number of halogens is 2. The molecule has 0 aliphatic carbocycles. The summed E-state index contributed by atoms with van der Waals surface area (Å²) >= 11 is 3.53. The summed E-state index contributed by atoms with van der Waals surface area (Å²) < 4.78 is 1.14. The first-order chi connectivity index (χ1) is 6.33. The third kappa shape index (κ3) is 1.86. The number of anilines is 1. The maximum Gasteiger partial charge on any atom is 0.0418 e. The molecule has 0 saturated carbocycles. The average molecular weight is 273 g/mol. The van der Waals surface area contributed by atoms with Gasteiger partial charge in [-0.05, 0) is 17.5 Å². The molecule has 74 valence electrons. The van der Waals surface area contributed by atoms with Gasteiger partial charge in [0.2, 0.25) is 0 Å². The quantitative estimate of drug-likeness (QED) is 0.825. The second-order valence-corrected chi connectivity index (χ2v) is 3.74. The topological polar surface area (TPSA) is 12.0 Å². The lowest BCUT2D eigenvalue weighted by Crippen LogP contribution is -1.89. The zero-order valence-corrected chi connectivity index (χ0v) is 10.2. The van der Waals surface area contributed by atoms with E-state index in [1.165, 1.54) is 16.5 Å². The second-order valence-electron chi connectivity index (χ2n) is 2.89. The number of fused-ring (bicyclic) bond motifs is 1. The fourth-order valence-corrected chi connectivity index (χ4v) is 1.96. The Bertz CT molecular complexity index is 442. The van der Waals surface area contributed by atoms with Gasteiger partial charge in [0.1, 0.15) is 0 Å². The van der Waals surface area contributed by atoms with Crippen LogP contribution in [0.1, 0.15) is 0 Å². The highest BCUT2D eigenvalue weighted by Crippen LogP contribution is 2.29. The third-order valence-corrected chi connectivity index (χ3v) is 2.83. The lowest BCUT2D eigenvalue weighted by Gasteiger charge is -2.06. The van der Waals surface area contributed by atoms with E-state index >= 15 is 0 Å². The van der Waals surface area contributed by atoms with Crippen LogP contribution in [0.2, 0.25) is 0 Å². The minimum Gasteiger partial charge on any atom is -0.388 e. The van der Waals surface area contributed by atoms with E-state index in [0.717, 1.165) is 4.47 Å². The van der Waals surface area contributed by atoms with Crippen LogP contribution >= 0.6 is 28.3 Å². The van der Waals surface area contributed by atoms with E-state index in [2.05, 4.69) is 51.6 Å². The summed E-state index contributed by atoms with van der Waals surface area (Å²) in [6.07, 6.45) is 0. The van der Waals surface area contributed by atoms with Gasteiger partial charge in [-0.15, -0.1) is 12.4 Å². The highest BCUT2D eigenvalue weighted by molar-refractivity contribution is 9.10. The van der Waals surface area contributed by atoms with Gasteiger partial charge >= 0.3 is 0 Å². The molecule has 0 aliphatic rings. The highest BCUT2D eigenvalue weighted by atomic mass is 79.9. The number of hydrogen-bond donors (Lipinski definition) is 1. The fourth-order valence-electron chi connectivity index (χ4n) is 1.48. The summed E-state index contributed by atoms with van der Waals surface area (Å²) in [6.45, 7) is 0. The smallest absolute Gasteiger partial charge is 0.0418 e. The Kier molecular flexibility index (Phi) is 3.78. The Balaban J connectivity index is 0.000000980. The van der Waals surface area contributed by atoms with Crippen LogP contribution in [0.15, 0.2) is 40.9 Å². The van der Waals surface area contributed by atoms with Crippen molar-refractivity contribution in [3.63, 3.8) is 0 Å². The molecule has 0 aromatic heterocycles. The molecule has 0 fully saturated rings. The molecular weight excluding hydrogens is 261 g/mol. The molecule has 2 aromatic carbocycles. The van der Waals surface area contributed by atoms with E-state index in [0.29, 0.717) is 0 Å². The number of rotatable bonds is 1. The molecule has 0 saturated heterocycles. The molecule has 0 radical (unpaired) electrons. The van der Waals surface area contributed by atoms with Gasteiger partial charge in [0.15, 0.2) is 0 Å². The molecule has 0 bridgehead atoms. The first-order valence-corrected chi connectivity index (χ1v) is 4.97. The summed E-state index contributed by atoms with van der Waals surface area (Å²) in [4.78, 5) is 0. The van der Waals surface area contributed by atoms with Gasteiger partial charge in [0.25, 0.3) is 0 Å². The monoisotopic (exact) mass is 271 g/mol. The fraction of sp³-hybridized carbons (Fsp3) is 0.0909. The minimum atomic E-state index is 0. The molecule has 3 heteroatoms. The summed E-state index contributed by atoms with van der Waals surface area (Å²) in [6, 6.07) is 12.5. The van der Waals surface area contributed by atoms with Crippen molar-refractivity contribution in [1.82, 2.24) is 0 Å². The molecule has 2 rings (SSSR count). The van der Waals surface area contributed by atoms with Crippen molar-refractivity contribution < 1.29 is 0 Å². The van der Waals surface area contributed by atoms with E-state index in [9.17, 15) is 0 Å². The minimum absolute atomic E-state index is 0. The van der Waals surface area contributed by atoms with Crippen LogP contribution in [-0.4, -0.2) is 7.05 Å². The van der Waals surface area contributed by atoms with Crippen molar-refractivity contribution in [2.24, 2.45) is 0 Å². The van der Waals surface area contributed by atoms with E-state index in [1.807, 2.05) is 13.1 Å². The molecule has 1 nitrogen and oxygen atoms in total. The molecule has 0 spiro atoms. The third-order valence-electron chi connectivity index (χ3n) is 2.14. The van der Waals surface area contributed by atoms with Crippen molar-refractivity contribution in [3.05, 3.63) is 40.9 Å². The van der Waals surface area contributed by atoms with E-state index < -0.39 is 0 Å². The van der Waals surface area contributed by atoms with E-state index in [-0.39, 0.29) is 12.4 Å². The first-order valence-electron chi connectivity index (χ1n) is 4.18. The predicted octanol–water partition coefficient (Wildman–Crippen LogP) is 4.07. The van der Waals surface area contributed by atoms with Gasteiger partial charge in [-0.25, -0.2) is 0 Å². The Morgan fingerprint density at radius 2 is 1.64 bits per heavy atom. The number of benzene rings is 2. The van der Waals surface area contributed by atoms with Gasteiger partial charge in [-0.2, -0.15) is 0 Å². The van der Waals surface area contributed by atoms with Crippen molar-refractivity contribution in [1.29, 1.82) is 0 Å². The van der Waals surface area contributed by atoms with Crippen molar-refractivity contribution in [2.75, 3.05) is 12.4 Å². The standard InChI is InChI=1S/C11H10BrN.ClH/c1-13-11-7-6-10(12)8-4-2-3-5-9(8)11;/h2-7,13H,1H3;1H. The molecule has 0 atom stereocenters. The zero-order valence-electron chi connectivity index (χ0n) is 7.75. The van der Waals surface area contributed by atoms with Crippen LogP contribution < -0.4 is 5.32 Å². The molecule has 0 aliphatic heterocycles. The van der Waals surface area contributed by atoms with Crippen LogP contribution in [0, 0.1) is 0 Å². The molecule has 1 N–H and O–H groups in total. The van der Waals surface area contributed by atoms with Crippen LogP contribution in [0.3, 0.4) is 0 Å².